The number of Topliss-reactive ketones (excluding diaryl/α,β-unsaturated/α-hetero) is 1. The maximum absolute atomic E-state index is 12.7. The summed E-state index contributed by atoms with van der Waals surface area (Å²) >= 11 is 0. The van der Waals surface area contributed by atoms with E-state index in [-0.39, 0.29) is 23.9 Å². The SMILES string of the molecule is CC1(C)Oc2ccc([N+](=O)[O-])nc2N(CC(=O)c2ccccc2)C1=O. The summed E-state index contributed by atoms with van der Waals surface area (Å²) in [7, 11) is 0. The molecule has 0 saturated heterocycles. The maximum Gasteiger partial charge on any atom is 0.366 e. The number of benzene rings is 1. The van der Waals surface area contributed by atoms with Crippen molar-refractivity contribution in [1.29, 1.82) is 0 Å². The molecule has 0 fully saturated rings. The number of ether oxygens (including phenoxy) is 1. The molecule has 8 nitrogen and oxygen atoms in total. The average Bonchev–Trinajstić information content (AvgIpc) is 2.59. The van der Waals surface area contributed by atoms with Gasteiger partial charge in [-0.15, -0.1) is 0 Å². The van der Waals surface area contributed by atoms with Crippen LogP contribution in [-0.4, -0.2) is 33.7 Å². The molecule has 1 aliphatic rings. The standard InChI is InChI=1S/C17H15N3O5/c1-17(2)16(22)19(10-12(21)11-6-4-3-5-7-11)15-13(25-17)8-9-14(18-15)20(23)24/h3-9H,10H2,1-2H3. The quantitative estimate of drug-likeness (QED) is 0.480. The lowest BCUT2D eigenvalue weighted by molar-refractivity contribution is -0.389. The van der Waals surface area contributed by atoms with Crippen LogP contribution in [0.4, 0.5) is 11.6 Å². The van der Waals surface area contributed by atoms with Gasteiger partial charge in [0.15, 0.2) is 17.1 Å². The van der Waals surface area contributed by atoms with Gasteiger partial charge in [-0.25, -0.2) is 0 Å². The summed E-state index contributed by atoms with van der Waals surface area (Å²) in [6, 6.07) is 11.1. The van der Waals surface area contributed by atoms with Gasteiger partial charge in [0.25, 0.3) is 11.7 Å². The lowest BCUT2D eigenvalue weighted by Crippen LogP contribution is -2.54. The maximum atomic E-state index is 12.7. The van der Waals surface area contributed by atoms with Crippen molar-refractivity contribution in [2.45, 2.75) is 19.4 Å². The number of carbonyl (C=O) groups excluding carboxylic acids is 2. The molecule has 8 heteroatoms. The molecule has 1 amide bonds. The largest absolute Gasteiger partial charge is 0.472 e. The van der Waals surface area contributed by atoms with E-state index in [4.69, 9.17) is 4.74 Å². The van der Waals surface area contributed by atoms with E-state index in [0.29, 0.717) is 5.56 Å². The number of aromatic nitrogens is 1. The second-order valence-corrected chi connectivity index (χ2v) is 6.04. The molecule has 2 aromatic rings. The molecule has 1 aromatic carbocycles. The van der Waals surface area contributed by atoms with E-state index in [2.05, 4.69) is 4.98 Å². The van der Waals surface area contributed by atoms with E-state index in [0.717, 1.165) is 4.90 Å². The number of anilines is 1. The van der Waals surface area contributed by atoms with Crippen LogP contribution in [0.15, 0.2) is 42.5 Å². The van der Waals surface area contributed by atoms with Crippen LogP contribution < -0.4 is 9.64 Å². The molecule has 2 heterocycles. The third-order valence-electron chi connectivity index (χ3n) is 3.79. The van der Waals surface area contributed by atoms with Crippen LogP contribution in [0.2, 0.25) is 0 Å². The first-order valence-corrected chi connectivity index (χ1v) is 7.54. The molecular formula is C17H15N3O5. The molecule has 0 unspecified atom stereocenters. The number of hydrogen-bond acceptors (Lipinski definition) is 6. The highest BCUT2D eigenvalue weighted by Crippen LogP contribution is 2.37. The summed E-state index contributed by atoms with van der Waals surface area (Å²) in [6.07, 6.45) is 0. The van der Waals surface area contributed by atoms with Gasteiger partial charge in [0.1, 0.15) is 0 Å². The molecule has 1 aliphatic heterocycles. The minimum absolute atomic E-state index is 0.0252. The molecule has 0 aliphatic carbocycles. The van der Waals surface area contributed by atoms with E-state index in [1.54, 1.807) is 44.2 Å². The highest BCUT2D eigenvalue weighted by atomic mass is 16.6. The van der Waals surface area contributed by atoms with Crippen molar-refractivity contribution in [1.82, 2.24) is 4.98 Å². The van der Waals surface area contributed by atoms with Crippen molar-refractivity contribution in [2.24, 2.45) is 0 Å². The Kier molecular flexibility index (Phi) is 3.96. The number of pyridine rings is 1. The third-order valence-corrected chi connectivity index (χ3v) is 3.79. The predicted molar refractivity (Wildman–Crippen MR) is 88.7 cm³/mol. The van der Waals surface area contributed by atoms with Crippen molar-refractivity contribution < 1.29 is 19.2 Å². The summed E-state index contributed by atoms with van der Waals surface area (Å²) < 4.78 is 5.60. The van der Waals surface area contributed by atoms with Gasteiger partial charge in [0.05, 0.1) is 6.54 Å². The van der Waals surface area contributed by atoms with Gasteiger partial charge >= 0.3 is 5.82 Å². The van der Waals surface area contributed by atoms with Crippen LogP contribution in [0.3, 0.4) is 0 Å². The number of nitro groups is 1. The van der Waals surface area contributed by atoms with Crippen molar-refractivity contribution in [3.63, 3.8) is 0 Å². The highest BCUT2D eigenvalue weighted by molar-refractivity contribution is 6.08. The smallest absolute Gasteiger partial charge is 0.366 e. The Bertz CT molecular complexity index is 864. The molecule has 0 atom stereocenters. The average molecular weight is 341 g/mol. The molecule has 0 bridgehead atoms. The zero-order chi connectivity index (χ0) is 18.2. The van der Waals surface area contributed by atoms with Gasteiger partial charge < -0.3 is 14.9 Å². The monoisotopic (exact) mass is 341 g/mol. The lowest BCUT2D eigenvalue weighted by atomic mass is 10.0. The fourth-order valence-electron chi connectivity index (χ4n) is 2.55. The predicted octanol–water partition coefficient (Wildman–Crippen LogP) is 2.38. The second kappa shape index (κ2) is 5.97. The molecule has 3 rings (SSSR count). The highest BCUT2D eigenvalue weighted by Gasteiger charge is 2.45. The summed E-state index contributed by atoms with van der Waals surface area (Å²) in [5.74, 6) is -1.02. The number of amides is 1. The number of fused-ring (bicyclic) bond motifs is 1. The zero-order valence-electron chi connectivity index (χ0n) is 13.6. The molecule has 128 valence electrons. The number of ketones is 1. The Hall–Kier alpha value is -3.29. The van der Waals surface area contributed by atoms with E-state index >= 15 is 0 Å². The first-order chi connectivity index (χ1) is 11.8. The second-order valence-electron chi connectivity index (χ2n) is 6.04. The number of rotatable bonds is 4. The number of carbonyl (C=O) groups is 2. The van der Waals surface area contributed by atoms with Gasteiger partial charge in [-0.2, -0.15) is 0 Å². The summed E-state index contributed by atoms with van der Waals surface area (Å²) in [6.45, 7) is 2.86. The Morgan fingerprint density at radius 1 is 1.24 bits per heavy atom. The van der Waals surface area contributed by atoms with Crippen molar-refractivity contribution in [3.05, 3.63) is 58.1 Å². The topological polar surface area (TPSA) is 103 Å². The third kappa shape index (κ3) is 3.06. The minimum Gasteiger partial charge on any atom is -0.472 e. The molecule has 1 aromatic heterocycles. The molecule has 0 N–H and O–H groups in total. The molecule has 0 radical (unpaired) electrons. The van der Waals surface area contributed by atoms with Crippen LogP contribution in [0.25, 0.3) is 0 Å². The Morgan fingerprint density at radius 3 is 2.56 bits per heavy atom. The Balaban J connectivity index is 2.02. The van der Waals surface area contributed by atoms with Gasteiger partial charge in [-0.3, -0.25) is 14.5 Å². The van der Waals surface area contributed by atoms with Gasteiger partial charge in [0, 0.05) is 11.6 Å². The molecule has 0 spiro atoms. The minimum atomic E-state index is -1.21. The number of nitrogens with zero attached hydrogens (tertiary/aromatic N) is 3. The van der Waals surface area contributed by atoms with Crippen molar-refractivity contribution in [3.8, 4) is 5.75 Å². The zero-order valence-corrected chi connectivity index (χ0v) is 13.6. The van der Waals surface area contributed by atoms with Gasteiger partial charge in [-0.05, 0) is 29.8 Å². The van der Waals surface area contributed by atoms with E-state index in [1.165, 1.54) is 12.1 Å². The molecule has 25 heavy (non-hydrogen) atoms. The van der Waals surface area contributed by atoms with E-state index in [1.807, 2.05) is 0 Å². The summed E-state index contributed by atoms with van der Waals surface area (Å²) in [5, 5.41) is 11.0. The van der Waals surface area contributed by atoms with Gasteiger partial charge in [-0.1, -0.05) is 30.3 Å². The summed E-state index contributed by atoms with van der Waals surface area (Å²) in [5.41, 5.74) is -0.770. The first kappa shape index (κ1) is 16.6. The first-order valence-electron chi connectivity index (χ1n) is 7.54. The van der Waals surface area contributed by atoms with Crippen LogP contribution in [0.5, 0.6) is 5.75 Å². The summed E-state index contributed by atoms with van der Waals surface area (Å²) in [4.78, 5) is 40.5. The van der Waals surface area contributed by atoms with Crippen LogP contribution >= 0.6 is 0 Å². The van der Waals surface area contributed by atoms with Crippen LogP contribution in [-0.2, 0) is 4.79 Å². The fourth-order valence-corrected chi connectivity index (χ4v) is 2.55. The number of hydrogen-bond donors (Lipinski definition) is 0. The van der Waals surface area contributed by atoms with Gasteiger partial charge in [0.2, 0.25) is 0 Å². The lowest BCUT2D eigenvalue weighted by Gasteiger charge is -2.35. The van der Waals surface area contributed by atoms with Crippen molar-refractivity contribution in [2.75, 3.05) is 11.4 Å². The molecule has 0 saturated carbocycles. The Morgan fingerprint density at radius 2 is 1.92 bits per heavy atom. The van der Waals surface area contributed by atoms with Crippen molar-refractivity contribution >= 4 is 23.3 Å². The normalized spacial score (nSPS) is 15.3. The molecular weight excluding hydrogens is 326 g/mol. The van der Waals surface area contributed by atoms with Crippen LogP contribution in [0.1, 0.15) is 24.2 Å². The Labute approximate surface area is 143 Å². The van der Waals surface area contributed by atoms with E-state index in [9.17, 15) is 19.7 Å². The fraction of sp³-hybridized carbons (Fsp3) is 0.235. The van der Waals surface area contributed by atoms with E-state index < -0.39 is 22.2 Å². The van der Waals surface area contributed by atoms with Crippen LogP contribution in [0, 0.1) is 10.1 Å².